The molecule has 102 valence electrons. The minimum absolute atomic E-state index is 0.0247. The molecular formula is C12H14F2N4O. The van der Waals surface area contributed by atoms with Gasteiger partial charge in [-0.05, 0) is 12.1 Å². The van der Waals surface area contributed by atoms with Gasteiger partial charge in [-0.15, -0.1) is 0 Å². The van der Waals surface area contributed by atoms with Crippen molar-refractivity contribution in [2.24, 2.45) is 5.73 Å². The van der Waals surface area contributed by atoms with Crippen LogP contribution >= 0.6 is 0 Å². The molecule has 0 aliphatic rings. The average Bonchev–Trinajstić information content (AvgIpc) is 2.78. The van der Waals surface area contributed by atoms with E-state index in [1.54, 1.807) is 0 Å². The predicted octanol–water partition coefficient (Wildman–Crippen LogP) is 0.849. The average molecular weight is 268 g/mol. The zero-order valence-electron chi connectivity index (χ0n) is 10.2. The fraction of sp³-hybridized carbons (Fsp3) is 0.333. The van der Waals surface area contributed by atoms with E-state index in [1.807, 2.05) is 0 Å². The normalized spacial score (nSPS) is 10.9. The molecule has 0 unspecified atom stereocenters. The number of aromatic amines is 1. The summed E-state index contributed by atoms with van der Waals surface area (Å²) in [4.78, 5) is 18.0. The molecule has 4 N–H and O–H groups in total. The van der Waals surface area contributed by atoms with E-state index in [4.69, 9.17) is 5.73 Å². The predicted molar refractivity (Wildman–Crippen MR) is 66.4 cm³/mol. The molecule has 1 amide bonds. The lowest BCUT2D eigenvalue weighted by Gasteiger charge is -2.01. The van der Waals surface area contributed by atoms with Gasteiger partial charge in [-0.25, -0.2) is 13.8 Å². The third-order valence-corrected chi connectivity index (χ3v) is 2.65. The number of benzene rings is 1. The second kappa shape index (κ2) is 5.75. The molecule has 0 fully saturated rings. The van der Waals surface area contributed by atoms with Gasteiger partial charge in [0, 0.05) is 25.9 Å². The van der Waals surface area contributed by atoms with Gasteiger partial charge >= 0.3 is 0 Å². The molecule has 7 heteroatoms. The van der Waals surface area contributed by atoms with E-state index >= 15 is 0 Å². The van der Waals surface area contributed by atoms with Gasteiger partial charge in [-0.2, -0.15) is 0 Å². The molecule has 1 aromatic carbocycles. The Morgan fingerprint density at radius 2 is 2.21 bits per heavy atom. The Hall–Kier alpha value is -2.02. The molecule has 0 aliphatic carbocycles. The number of hydrogen-bond donors (Lipinski definition) is 3. The molecule has 5 nitrogen and oxygen atoms in total. The first-order chi connectivity index (χ1) is 9.11. The van der Waals surface area contributed by atoms with Gasteiger partial charge in [0.15, 0.2) is 11.6 Å². The van der Waals surface area contributed by atoms with Crippen molar-refractivity contribution < 1.29 is 13.6 Å². The molecule has 0 bridgehead atoms. The maximum Gasteiger partial charge on any atom is 0.221 e. The smallest absolute Gasteiger partial charge is 0.221 e. The first-order valence-electron chi connectivity index (χ1n) is 5.91. The molecule has 0 saturated carbocycles. The largest absolute Gasteiger partial charge is 0.356 e. The minimum atomic E-state index is -0.966. The van der Waals surface area contributed by atoms with Crippen molar-refractivity contribution in [1.29, 1.82) is 0 Å². The number of nitrogens with one attached hydrogen (secondary N) is 2. The van der Waals surface area contributed by atoms with Crippen LogP contribution in [-0.4, -0.2) is 29.0 Å². The molecule has 0 spiro atoms. The van der Waals surface area contributed by atoms with E-state index in [1.165, 1.54) is 6.07 Å². The van der Waals surface area contributed by atoms with Crippen LogP contribution in [0.4, 0.5) is 8.78 Å². The monoisotopic (exact) mass is 268 g/mol. The van der Waals surface area contributed by atoms with Gasteiger partial charge in [0.1, 0.15) is 11.3 Å². The summed E-state index contributed by atoms with van der Waals surface area (Å²) in [5.74, 6) is -1.54. The zero-order valence-corrected chi connectivity index (χ0v) is 10.2. The number of nitrogens with two attached hydrogens (primary N) is 1. The second-order valence-electron chi connectivity index (χ2n) is 4.08. The number of rotatable bonds is 5. The van der Waals surface area contributed by atoms with Crippen LogP contribution in [0.5, 0.6) is 0 Å². The number of halogens is 2. The molecule has 2 aromatic rings. The lowest BCUT2D eigenvalue weighted by molar-refractivity contribution is -0.120. The van der Waals surface area contributed by atoms with Crippen molar-refractivity contribution in [3.8, 4) is 0 Å². The quantitative estimate of drug-likeness (QED) is 0.751. The van der Waals surface area contributed by atoms with E-state index in [0.29, 0.717) is 30.9 Å². The van der Waals surface area contributed by atoms with Crippen LogP contribution in [0.15, 0.2) is 12.1 Å². The highest BCUT2D eigenvalue weighted by Gasteiger charge is 2.11. The number of carbonyl (C=O) groups excluding carboxylic acids is 1. The SMILES string of the molecule is NCCC(=O)NCCc1nc2c(F)c(F)ccc2[nH]1. The van der Waals surface area contributed by atoms with E-state index in [0.717, 1.165) is 6.07 Å². The minimum Gasteiger partial charge on any atom is -0.356 e. The van der Waals surface area contributed by atoms with Crippen LogP contribution in [0.1, 0.15) is 12.2 Å². The lowest BCUT2D eigenvalue weighted by atomic mass is 10.3. The van der Waals surface area contributed by atoms with E-state index < -0.39 is 11.6 Å². The van der Waals surface area contributed by atoms with Gasteiger partial charge in [-0.3, -0.25) is 4.79 Å². The fourth-order valence-corrected chi connectivity index (χ4v) is 1.73. The number of carbonyl (C=O) groups is 1. The van der Waals surface area contributed by atoms with Crippen molar-refractivity contribution in [3.05, 3.63) is 29.6 Å². The summed E-state index contributed by atoms with van der Waals surface area (Å²) in [5.41, 5.74) is 5.65. The highest BCUT2D eigenvalue weighted by atomic mass is 19.2. The van der Waals surface area contributed by atoms with Crippen LogP contribution < -0.4 is 11.1 Å². The van der Waals surface area contributed by atoms with E-state index in [9.17, 15) is 13.6 Å². The maximum absolute atomic E-state index is 13.4. The number of nitrogens with zero attached hydrogens (tertiary/aromatic N) is 1. The molecule has 0 radical (unpaired) electrons. The van der Waals surface area contributed by atoms with Crippen molar-refractivity contribution in [2.45, 2.75) is 12.8 Å². The Kier molecular flexibility index (Phi) is 4.06. The lowest BCUT2D eigenvalue weighted by Crippen LogP contribution is -2.27. The summed E-state index contributed by atoms with van der Waals surface area (Å²) in [7, 11) is 0. The van der Waals surface area contributed by atoms with Gasteiger partial charge in [-0.1, -0.05) is 0 Å². The Labute approximate surface area is 108 Å². The van der Waals surface area contributed by atoms with Crippen molar-refractivity contribution in [3.63, 3.8) is 0 Å². The van der Waals surface area contributed by atoms with Crippen LogP contribution in [0.2, 0.25) is 0 Å². The van der Waals surface area contributed by atoms with Gasteiger partial charge in [0.05, 0.1) is 5.52 Å². The first-order valence-corrected chi connectivity index (χ1v) is 5.91. The van der Waals surface area contributed by atoms with Crippen LogP contribution in [0.25, 0.3) is 11.0 Å². The van der Waals surface area contributed by atoms with Crippen molar-refractivity contribution in [2.75, 3.05) is 13.1 Å². The van der Waals surface area contributed by atoms with Gasteiger partial charge < -0.3 is 16.0 Å². The number of imidazole rings is 1. The standard InChI is InChI=1S/C12H14F2N4O/c13-7-1-2-8-12(11(7)14)18-9(17-8)4-6-16-10(19)3-5-15/h1-2H,3-6,15H2,(H,16,19)(H,17,18). The maximum atomic E-state index is 13.4. The number of amides is 1. The molecular weight excluding hydrogens is 254 g/mol. The summed E-state index contributed by atoms with van der Waals surface area (Å²) in [6, 6.07) is 2.47. The third-order valence-electron chi connectivity index (χ3n) is 2.65. The highest BCUT2D eigenvalue weighted by Crippen LogP contribution is 2.18. The molecule has 1 heterocycles. The Balaban J connectivity index is 2.02. The molecule has 0 atom stereocenters. The molecule has 0 saturated heterocycles. The first kappa shape index (κ1) is 13.4. The topological polar surface area (TPSA) is 83.8 Å². The summed E-state index contributed by atoms with van der Waals surface area (Å²) >= 11 is 0. The van der Waals surface area contributed by atoms with Gasteiger partial charge in [0.25, 0.3) is 0 Å². The second-order valence-corrected chi connectivity index (χ2v) is 4.08. The van der Waals surface area contributed by atoms with Crippen LogP contribution in [0, 0.1) is 11.6 Å². The van der Waals surface area contributed by atoms with Crippen molar-refractivity contribution >= 4 is 16.9 Å². The van der Waals surface area contributed by atoms with E-state index in [-0.39, 0.29) is 17.8 Å². The summed E-state index contributed by atoms with van der Waals surface area (Å²) in [5, 5.41) is 2.66. The van der Waals surface area contributed by atoms with E-state index in [2.05, 4.69) is 15.3 Å². The zero-order chi connectivity index (χ0) is 13.8. The molecule has 2 rings (SSSR count). The van der Waals surface area contributed by atoms with Crippen LogP contribution in [-0.2, 0) is 11.2 Å². The molecule has 19 heavy (non-hydrogen) atoms. The van der Waals surface area contributed by atoms with Crippen LogP contribution in [0.3, 0.4) is 0 Å². The van der Waals surface area contributed by atoms with Gasteiger partial charge in [0.2, 0.25) is 5.91 Å². The summed E-state index contributed by atoms with van der Waals surface area (Å²) in [6.07, 6.45) is 0.673. The number of fused-ring (bicyclic) bond motifs is 1. The molecule has 1 aromatic heterocycles. The Morgan fingerprint density at radius 1 is 1.42 bits per heavy atom. The van der Waals surface area contributed by atoms with Crippen molar-refractivity contribution in [1.82, 2.24) is 15.3 Å². The Morgan fingerprint density at radius 3 is 2.95 bits per heavy atom. The number of H-pyrrole nitrogens is 1. The number of hydrogen-bond acceptors (Lipinski definition) is 3. The number of aromatic nitrogens is 2. The fourth-order valence-electron chi connectivity index (χ4n) is 1.73. The summed E-state index contributed by atoms with van der Waals surface area (Å²) < 4.78 is 26.4. The Bertz CT molecular complexity index is 597. The summed E-state index contributed by atoms with van der Waals surface area (Å²) in [6.45, 7) is 0.656. The highest BCUT2D eigenvalue weighted by molar-refractivity contribution is 5.76. The third kappa shape index (κ3) is 3.05. The molecule has 0 aliphatic heterocycles.